The van der Waals surface area contributed by atoms with Gasteiger partial charge < -0.3 is 10.2 Å². The van der Waals surface area contributed by atoms with E-state index in [9.17, 15) is 4.79 Å². The molecule has 1 aromatic rings. The second-order valence-corrected chi connectivity index (χ2v) is 7.22. The zero-order valence-electron chi connectivity index (χ0n) is 13.1. The van der Waals surface area contributed by atoms with E-state index in [4.69, 9.17) is 11.6 Å². The number of hydrogen-bond donors (Lipinski definition) is 2. The first-order valence-electron chi connectivity index (χ1n) is 8.58. The van der Waals surface area contributed by atoms with E-state index in [0.717, 1.165) is 29.1 Å². The molecule has 3 atom stereocenters. The number of benzene rings is 1. The monoisotopic (exact) mass is 321 g/mol. The zero-order valence-corrected chi connectivity index (χ0v) is 13.9. The van der Waals surface area contributed by atoms with Crippen molar-refractivity contribution in [1.82, 2.24) is 5.32 Å². The lowest BCUT2D eigenvalue weighted by atomic mass is 9.78. The number of nitrogens with one attached hydrogen (secondary N) is 2. The summed E-state index contributed by atoms with van der Waals surface area (Å²) in [6, 6.07) is 8.39. The molecule has 2 aliphatic rings. The van der Waals surface area contributed by atoms with Crippen LogP contribution in [0.15, 0.2) is 24.3 Å². The molecule has 22 heavy (non-hydrogen) atoms. The average Bonchev–Trinajstić information content (AvgIpc) is 2.55. The van der Waals surface area contributed by atoms with Gasteiger partial charge in [-0.1, -0.05) is 30.2 Å². The van der Waals surface area contributed by atoms with Gasteiger partial charge in [0.15, 0.2) is 6.54 Å². The van der Waals surface area contributed by atoms with Gasteiger partial charge in [-0.3, -0.25) is 4.79 Å². The predicted molar refractivity (Wildman–Crippen MR) is 89.0 cm³/mol. The van der Waals surface area contributed by atoms with Crippen molar-refractivity contribution >= 4 is 17.5 Å². The van der Waals surface area contributed by atoms with E-state index in [1.54, 1.807) is 0 Å². The molecule has 1 saturated heterocycles. The maximum absolute atomic E-state index is 12.3. The van der Waals surface area contributed by atoms with Gasteiger partial charge in [0, 0.05) is 17.5 Å². The molecule has 120 valence electrons. The Balaban J connectivity index is 1.49. The van der Waals surface area contributed by atoms with Crippen molar-refractivity contribution in [2.45, 2.75) is 51.1 Å². The Morgan fingerprint density at radius 1 is 1.14 bits per heavy atom. The van der Waals surface area contributed by atoms with Crippen LogP contribution in [-0.2, 0) is 11.3 Å². The minimum Gasteiger partial charge on any atom is -0.347 e. The third kappa shape index (κ3) is 4.02. The highest BCUT2D eigenvalue weighted by molar-refractivity contribution is 6.30. The lowest BCUT2D eigenvalue weighted by molar-refractivity contribution is -0.928. The van der Waals surface area contributed by atoms with Gasteiger partial charge in [-0.15, -0.1) is 0 Å². The summed E-state index contributed by atoms with van der Waals surface area (Å²) in [4.78, 5) is 13.8. The highest BCUT2D eigenvalue weighted by atomic mass is 35.5. The Morgan fingerprint density at radius 2 is 1.86 bits per heavy atom. The molecule has 1 heterocycles. The van der Waals surface area contributed by atoms with Crippen molar-refractivity contribution in [3.05, 3.63) is 34.9 Å². The number of likely N-dealkylation sites (tertiary alicyclic amines) is 1. The Kier molecular flexibility index (Phi) is 5.37. The van der Waals surface area contributed by atoms with Crippen molar-refractivity contribution in [3.8, 4) is 0 Å². The molecule has 3 nitrogen and oxygen atoms in total. The summed E-state index contributed by atoms with van der Waals surface area (Å²) in [7, 11) is 0. The van der Waals surface area contributed by atoms with E-state index in [1.807, 2.05) is 24.3 Å². The van der Waals surface area contributed by atoms with Gasteiger partial charge in [0.2, 0.25) is 0 Å². The molecule has 0 radical (unpaired) electrons. The SMILES string of the molecule is O=C(C[NH+]1CCC[C@H]2CCCC[C@@H]21)NCc1ccc(Cl)cc1. The first-order valence-corrected chi connectivity index (χ1v) is 8.96. The topological polar surface area (TPSA) is 33.5 Å². The number of hydrogen-bond acceptors (Lipinski definition) is 1. The summed E-state index contributed by atoms with van der Waals surface area (Å²) >= 11 is 5.88. The minimum atomic E-state index is 0.177. The number of piperidine rings is 1. The fourth-order valence-corrected chi connectivity index (χ4v) is 4.28. The van der Waals surface area contributed by atoms with Gasteiger partial charge in [-0.2, -0.15) is 0 Å². The van der Waals surface area contributed by atoms with E-state index in [1.165, 1.54) is 43.4 Å². The second-order valence-electron chi connectivity index (χ2n) is 6.78. The van der Waals surface area contributed by atoms with Gasteiger partial charge >= 0.3 is 0 Å². The molecular weight excluding hydrogens is 296 g/mol. The minimum absolute atomic E-state index is 0.177. The summed E-state index contributed by atoms with van der Waals surface area (Å²) in [5.74, 6) is 1.04. The molecule has 0 spiro atoms. The smallest absolute Gasteiger partial charge is 0.275 e. The molecule has 4 heteroatoms. The number of amides is 1. The largest absolute Gasteiger partial charge is 0.347 e. The van der Waals surface area contributed by atoms with Crippen molar-refractivity contribution < 1.29 is 9.69 Å². The predicted octanol–water partition coefficient (Wildman–Crippen LogP) is 2.19. The fraction of sp³-hybridized carbons (Fsp3) is 0.611. The first-order chi connectivity index (χ1) is 10.7. The fourth-order valence-electron chi connectivity index (χ4n) is 4.16. The lowest BCUT2D eigenvalue weighted by Crippen LogP contribution is -3.18. The van der Waals surface area contributed by atoms with Crippen molar-refractivity contribution in [2.75, 3.05) is 13.1 Å². The number of rotatable bonds is 4. The normalized spacial score (nSPS) is 28.0. The highest BCUT2D eigenvalue weighted by Gasteiger charge is 2.37. The molecule has 3 rings (SSSR count). The molecule has 1 amide bonds. The van der Waals surface area contributed by atoms with Crippen molar-refractivity contribution in [3.63, 3.8) is 0 Å². The van der Waals surface area contributed by atoms with Crippen LogP contribution in [0.1, 0.15) is 44.1 Å². The van der Waals surface area contributed by atoms with Crippen LogP contribution in [0.25, 0.3) is 0 Å². The Morgan fingerprint density at radius 3 is 2.68 bits per heavy atom. The molecule has 2 fully saturated rings. The number of quaternary nitrogens is 1. The summed E-state index contributed by atoms with van der Waals surface area (Å²) in [5, 5.41) is 3.79. The van der Waals surface area contributed by atoms with E-state index in [-0.39, 0.29) is 5.91 Å². The lowest BCUT2D eigenvalue weighted by Gasteiger charge is -2.40. The molecular formula is C18H26ClN2O+. The summed E-state index contributed by atoms with van der Waals surface area (Å²) in [6.07, 6.45) is 8.07. The Hall–Kier alpha value is -1.06. The number of carbonyl (C=O) groups is 1. The number of halogens is 1. The Labute approximate surface area is 138 Å². The third-order valence-corrected chi connectivity index (χ3v) is 5.55. The summed E-state index contributed by atoms with van der Waals surface area (Å²) in [5.41, 5.74) is 1.10. The molecule has 1 aliphatic heterocycles. The molecule has 1 unspecified atom stereocenters. The van der Waals surface area contributed by atoms with Crippen LogP contribution in [0, 0.1) is 5.92 Å². The van der Waals surface area contributed by atoms with Crippen LogP contribution >= 0.6 is 11.6 Å². The van der Waals surface area contributed by atoms with Gasteiger partial charge in [-0.05, 0) is 49.8 Å². The molecule has 0 bridgehead atoms. The van der Waals surface area contributed by atoms with Crippen LogP contribution in [0.3, 0.4) is 0 Å². The van der Waals surface area contributed by atoms with Crippen LogP contribution in [0.2, 0.25) is 5.02 Å². The van der Waals surface area contributed by atoms with Gasteiger partial charge in [0.05, 0.1) is 12.6 Å². The van der Waals surface area contributed by atoms with Gasteiger partial charge in [-0.25, -0.2) is 0 Å². The van der Waals surface area contributed by atoms with Crippen LogP contribution in [0.5, 0.6) is 0 Å². The van der Waals surface area contributed by atoms with Gasteiger partial charge in [0.25, 0.3) is 5.91 Å². The standard InChI is InChI=1S/C18H25ClN2O/c19-16-9-7-14(8-10-16)12-20-18(22)13-21-11-3-5-15-4-1-2-6-17(15)21/h7-10,15,17H,1-6,11-13H2,(H,20,22)/p+1/t15-,17+/m1/s1. The van der Waals surface area contributed by atoms with Gasteiger partial charge in [0.1, 0.15) is 0 Å². The number of fused-ring (bicyclic) bond motifs is 1. The molecule has 2 N–H and O–H groups in total. The summed E-state index contributed by atoms with van der Waals surface area (Å²) in [6.45, 7) is 2.39. The van der Waals surface area contributed by atoms with E-state index in [2.05, 4.69) is 5.32 Å². The van der Waals surface area contributed by atoms with Crippen LogP contribution in [0.4, 0.5) is 0 Å². The van der Waals surface area contributed by atoms with E-state index in [0.29, 0.717) is 13.1 Å². The second kappa shape index (κ2) is 7.47. The van der Waals surface area contributed by atoms with E-state index >= 15 is 0 Å². The third-order valence-electron chi connectivity index (χ3n) is 5.30. The van der Waals surface area contributed by atoms with E-state index < -0.39 is 0 Å². The molecule has 1 saturated carbocycles. The highest BCUT2D eigenvalue weighted by Crippen LogP contribution is 2.28. The maximum Gasteiger partial charge on any atom is 0.275 e. The molecule has 0 aromatic heterocycles. The Bertz CT molecular complexity index is 500. The van der Waals surface area contributed by atoms with Crippen molar-refractivity contribution in [1.29, 1.82) is 0 Å². The molecule has 1 aliphatic carbocycles. The first kappa shape index (κ1) is 15.8. The quantitative estimate of drug-likeness (QED) is 0.876. The van der Waals surface area contributed by atoms with Crippen LogP contribution in [-0.4, -0.2) is 25.0 Å². The van der Waals surface area contributed by atoms with Crippen molar-refractivity contribution in [2.24, 2.45) is 5.92 Å². The zero-order chi connectivity index (χ0) is 15.4. The maximum atomic E-state index is 12.3. The van der Waals surface area contributed by atoms with Crippen LogP contribution < -0.4 is 10.2 Å². The summed E-state index contributed by atoms with van der Waals surface area (Å²) < 4.78 is 0. The number of carbonyl (C=O) groups excluding carboxylic acids is 1. The average molecular weight is 322 g/mol. The molecule has 1 aromatic carbocycles.